The second-order valence-electron chi connectivity index (χ2n) is 4.82. The van der Waals surface area contributed by atoms with Crippen molar-refractivity contribution in [1.29, 1.82) is 0 Å². The number of fused-ring (bicyclic) bond motifs is 1. The Morgan fingerprint density at radius 1 is 1.26 bits per heavy atom. The summed E-state index contributed by atoms with van der Waals surface area (Å²) in [7, 11) is -1.00. The number of benzene rings is 1. The van der Waals surface area contributed by atoms with Gasteiger partial charge in [-0.05, 0) is 12.1 Å². The zero-order valence-electron chi connectivity index (χ0n) is 11.5. The molecule has 2 rings (SSSR count). The Hall–Kier alpha value is -1.07. The molecule has 1 aliphatic heterocycles. The van der Waals surface area contributed by atoms with Crippen LogP contribution in [-0.4, -0.2) is 35.8 Å². The summed E-state index contributed by atoms with van der Waals surface area (Å²) >= 11 is 0. The van der Waals surface area contributed by atoms with Crippen molar-refractivity contribution < 1.29 is 13.7 Å². The molecule has 0 amide bonds. The van der Waals surface area contributed by atoms with E-state index in [1.165, 1.54) is 0 Å². The Morgan fingerprint density at radius 3 is 2.74 bits per heavy atom. The third-order valence-corrected chi connectivity index (χ3v) is 4.18. The van der Waals surface area contributed by atoms with Gasteiger partial charge in [-0.1, -0.05) is 13.8 Å². The molecule has 19 heavy (non-hydrogen) atoms. The van der Waals surface area contributed by atoms with Crippen LogP contribution < -0.4 is 14.8 Å². The Kier molecular flexibility index (Phi) is 5.22. The van der Waals surface area contributed by atoms with Gasteiger partial charge in [0.25, 0.3) is 0 Å². The smallest absolute Gasteiger partial charge is 0.162 e. The highest BCUT2D eigenvalue weighted by molar-refractivity contribution is 7.85. The van der Waals surface area contributed by atoms with Crippen molar-refractivity contribution in [3.8, 4) is 11.5 Å². The Labute approximate surface area is 116 Å². The zero-order valence-corrected chi connectivity index (χ0v) is 12.3. The summed E-state index contributed by atoms with van der Waals surface area (Å²) in [5.41, 5.74) is 0. The third kappa shape index (κ3) is 4.21. The van der Waals surface area contributed by atoms with E-state index in [0.717, 1.165) is 23.6 Å². The van der Waals surface area contributed by atoms with Crippen LogP contribution in [0.5, 0.6) is 11.5 Å². The molecule has 1 aromatic rings. The van der Waals surface area contributed by atoms with Crippen molar-refractivity contribution in [2.24, 2.45) is 0 Å². The third-order valence-electron chi connectivity index (χ3n) is 2.82. The highest BCUT2D eigenvalue weighted by atomic mass is 32.2. The molecule has 0 radical (unpaired) electrons. The molecular weight excluding hydrogens is 262 g/mol. The first kappa shape index (κ1) is 14.3. The van der Waals surface area contributed by atoms with Gasteiger partial charge in [0.15, 0.2) is 11.5 Å². The van der Waals surface area contributed by atoms with Gasteiger partial charge in [0.1, 0.15) is 0 Å². The molecule has 1 aromatic carbocycles. The first-order valence-electron chi connectivity index (χ1n) is 6.68. The lowest BCUT2D eigenvalue weighted by Crippen LogP contribution is -2.27. The fourth-order valence-electron chi connectivity index (χ4n) is 1.84. The van der Waals surface area contributed by atoms with Gasteiger partial charge in [0.2, 0.25) is 0 Å². The van der Waals surface area contributed by atoms with Crippen LogP contribution in [0.3, 0.4) is 0 Å². The average Bonchev–Trinajstić information content (AvgIpc) is 2.62. The Bertz CT molecular complexity index is 448. The van der Waals surface area contributed by atoms with Crippen LogP contribution in [-0.2, 0) is 10.8 Å². The fraction of sp³-hybridized carbons (Fsp3) is 0.571. The lowest BCUT2D eigenvalue weighted by atomic mass is 10.3. The predicted octanol–water partition coefficient (Wildman–Crippen LogP) is 1.95. The maximum atomic E-state index is 12.2. The first-order chi connectivity index (χ1) is 9.16. The van der Waals surface area contributed by atoms with Crippen LogP contribution in [0.25, 0.3) is 0 Å². The molecule has 5 heteroatoms. The molecule has 0 bridgehead atoms. The summed E-state index contributed by atoms with van der Waals surface area (Å²) in [6.07, 6.45) is 0.880. The zero-order chi connectivity index (χ0) is 13.7. The fourth-order valence-corrected chi connectivity index (χ4v) is 2.84. The van der Waals surface area contributed by atoms with E-state index in [9.17, 15) is 4.21 Å². The summed E-state index contributed by atoms with van der Waals surface area (Å²) in [5, 5.41) is 3.27. The number of hydrogen-bond acceptors (Lipinski definition) is 4. The topological polar surface area (TPSA) is 47.6 Å². The summed E-state index contributed by atoms with van der Waals surface area (Å²) < 4.78 is 23.3. The number of hydrogen-bond donors (Lipinski definition) is 1. The molecule has 0 fully saturated rings. The molecular formula is C14H21NO3S. The van der Waals surface area contributed by atoms with Crippen molar-refractivity contribution in [3.63, 3.8) is 0 Å². The molecule has 0 saturated carbocycles. The predicted molar refractivity (Wildman–Crippen MR) is 76.5 cm³/mol. The molecule has 1 N–H and O–H groups in total. The number of ether oxygens (including phenoxy) is 2. The van der Waals surface area contributed by atoms with E-state index >= 15 is 0 Å². The van der Waals surface area contributed by atoms with Crippen LogP contribution in [0.1, 0.15) is 20.3 Å². The summed E-state index contributed by atoms with van der Waals surface area (Å²) in [4.78, 5) is 0.801. The minimum Gasteiger partial charge on any atom is -0.490 e. The van der Waals surface area contributed by atoms with Crippen molar-refractivity contribution in [1.82, 2.24) is 5.32 Å². The van der Waals surface area contributed by atoms with Gasteiger partial charge in [0, 0.05) is 35.7 Å². The number of rotatable bonds is 5. The number of nitrogens with one attached hydrogen (secondary N) is 1. The SMILES string of the molecule is CC(C)NCCS(=O)c1ccc2c(c1)OCCCO2. The van der Waals surface area contributed by atoms with Crippen LogP contribution in [0.15, 0.2) is 23.1 Å². The van der Waals surface area contributed by atoms with Gasteiger partial charge in [0.05, 0.1) is 24.0 Å². The molecule has 0 saturated heterocycles. The second-order valence-corrected chi connectivity index (χ2v) is 6.39. The van der Waals surface area contributed by atoms with Gasteiger partial charge < -0.3 is 14.8 Å². The standard InChI is InChI=1S/C14H21NO3S/c1-11(2)15-6-9-19(16)12-4-5-13-14(10-12)18-8-3-7-17-13/h4-5,10-11,15H,3,6-9H2,1-2H3. The van der Waals surface area contributed by atoms with Gasteiger partial charge >= 0.3 is 0 Å². The highest BCUT2D eigenvalue weighted by Crippen LogP contribution is 2.31. The van der Waals surface area contributed by atoms with Crippen LogP contribution in [0.4, 0.5) is 0 Å². The van der Waals surface area contributed by atoms with Gasteiger partial charge in [-0.15, -0.1) is 0 Å². The molecule has 1 heterocycles. The second kappa shape index (κ2) is 6.91. The largest absolute Gasteiger partial charge is 0.490 e. The molecule has 4 nitrogen and oxygen atoms in total. The van der Waals surface area contributed by atoms with E-state index in [2.05, 4.69) is 19.2 Å². The van der Waals surface area contributed by atoms with Crippen LogP contribution in [0, 0.1) is 0 Å². The van der Waals surface area contributed by atoms with Crippen LogP contribution in [0.2, 0.25) is 0 Å². The average molecular weight is 283 g/mol. The van der Waals surface area contributed by atoms with Crippen molar-refractivity contribution in [2.75, 3.05) is 25.5 Å². The quantitative estimate of drug-likeness (QED) is 0.897. The lowest BCUT2D eigenvalue weighted by Gasteiger charge is -2.10. The molecule has 1 atom stereocenters. The van der Waals surface area contributed by atoms with Crippen molar-refractivity contribution in [3.05, 3.63) is 18.2 Å². The molecule has 0 spiro atoms. The first-order valence-corrected chi connectivity index (χ1v) is 8.00. The Morgan fingerprint density at radius 2 is 2.00 bits per heavy atom. The van der Waals surface area contributed by atoms with Crippen molar-refractivity contribution >= 4 is 10.8 Å². The van der Waals surface area contributed by atoms with E-state index in [1.54, 1.807) is 0 Å². The minimum atomic E-state index is -1.00. The van der Waals surface area contributed by atoms with Gasteiger partial charge in [-0.25, -0.2) is 0 Å². The molecule has 0 aromatic heterocycles. The van der Waals surface area contributed by atoms with Gasteiger partial charge in [-0.2, -0.15) is 0 Å². The van der Waals surface area contributed by atoms with E-state index in [-0.39, 0.29) is 0 Å². The minimum absolute atomic E-state index is 0.417. The normalized spacial score (nSPS) is 16.2. The summed E-state index contributed by atoms with van der Waals surface area (Å²) in [5.74, 6) is 2.07. The monoisotopic (exact) mass is 283 g/mol. The molecule has 0 aliphatic carbocycles. The maximum absolute atomic E-state index is 12.2. The highest BCUT2D eigenvalue weighted by Gasteiger charge is 2.13. The lowest BCUT2D eigenvalue weighted by molar-refractivity contribution is 0.297. The van der Waals surface area contributed by atoms with E-state index in [4.69, 9.17) is 9.47 Å². The maximum Gasteiger partial charge on any atom is 0.162 e. The molecule has 1 aliphatic rings. The summed E-state index contributed by atoms with van der Waals surface area (Å²) in [6, 6.07) is 5.97. The van der Waals surface area contributed by atoms with E-state index < -0.39 is 10.8 Å². The van der Waals surface area contributed by atoms with Gasteiger partial charge in [-0.3, -0.25) is 4.21 Å². The van der Waals surface area contributed by atoms with E-state index in [0.29, 0.717) is 30.8 Å². The van der Waals surface area contributed by atoms with Crippen LogP contribution >= 0.6 is 0 Å². The van der Waals surface area contributed by atoms with Crippen molar-refractivity contribution in [2.45, 2.75) is 31.2 Å². The summed E-state index contributed by atoms with van der Waals surface area (Å²) in [6.45, 7) is 6.23. The molecule has 106 valence electrons. The molecule has 1 unspecified atom stereocenters. The Balaban J connectivity index is 2.00. The van der Waals surface area contributed by atoms with E-state index in [1.807, 2.05) is 18.2 Å².